The van der Waals surface area contributed by atoms with E-state index in [2.05, 4.69) is 15.1 Å². The van der Waals surface area contributed by atoms with E-state index in [9.17, 15) is 4.79 Å². The summed E-state index contributed by atoms with van der Waals surface area (Å²) in [4.78, 5) is 25.7. The van der Waals surface area contributed by atoms with E-state index in [0.717, 1.165) is 49.9 Å². The first-order valence-electron chi connectivity index (χ1n) is 7.99. The van der Waals surface area contributed by atoms with E-state index in [-0.39, 0.29) is 12.4 Å². The van der Waals surface area contributed by atoms with Crippen LogP contribution in [-0.4, -0.2) is 69.7 Å². The van der Waals surface area contributed by atoms with Crippen LogP contribution >= 0.6 is 0 Å². The number of carbonyl (C=O) groups is 2. The molecule has 0 saturated carbocycles. The Hall–Kier alpha value is -2.61. The molecule has 2 aromatic rings. The Labute approximate surface area is 139 Å². The molecule has 1 amide bonds. The van der Waals surface area contributed by atoms with Gasteiger partial charge in [-0.1, -0.05) is 0 Å². The number of amides is 1. The number of nitrogens with two attached hydrogens (primary N) is 1. The fourth-order valence-electron chi connectivity index (χ4n) is 3.48. The number of benzene rings is 1. The summed E-state index contributed by atoms with van der Waals surface area (Å²) < 4.78 is 0. The van der Waals surface area contributed by atoms with Crippen molar-refractivity contribution >= 4 is 29.0 Å². The number of carboxylic acid groups (broad SMARTS) is 1. The van der Waals surface area contributed by atoms with Gasteiger partial charge in [0.15, 0.2) is 5.69 Å². The van der Waals surface area contributed by atoms with E-state index in [1.165, 1.54) is 0 Å². The van der Waals surface area contributed by atoms with Crippen LogP contribution in [0.1, 0.15) is 23.3 Å². The third kappa shape index (κ3) is 3.05. The van der Waals surface area contributed by atoms with Crippen LogP contribution in [0.5, 0.6) is 0 Å². The summed E-state index contributed by atoms with van der Waals surface area (Å²) in [6.45, 7) is 3.71. The normalized spacial score (nSPS) is 22.6. The molecule has 0 aliphatic carbocycles. The first-order valence-corrected chi connectivity index (χ1v) is 7.99. The molecule has 128 valence electrons. The van der Waals surface area contributed by atoms with Gasteiger partial charge < -0.3 is 20.6 Å². The van der Waals surface area contributed by atoms with Crippen molar-refractivity contribution in [2.45, 2.75) is 18.9 Å². The molecule has 3 fully saturated rings. The fourth-order valence-corrected chi connectivity index (χ4v) is 3.48. The molecule has 3 aliphatic rings. The van der Waals surface area contributed by atoms with Gasteiger partial charge in [-0.25, -0.2) is 0 Å². The molecule has 8 heteroatoms. The van der Waals surface area contributed by atoms with Gasteiger partial charge in [-0.3, -0.25) is 14.7 Å². The maximum atomic E-state index is 12.9. The Balaban J connectivity index is 0.000000526. The average molecular weight is 331 g/mol. The highest BCUT2D eigenvalue weighted by Gasteiger charge is 2.33. The molecule has 0 unspecified atom stereocenters. The van der Waals surface area contributed by atoms with E-state index in [4.69, 9.17) is 15.6 Å². The molecule has 3 aliphatic heterocycles. The molecule has 0 spiro atoms. The lowest BCUT2D eigenvalue weighted by atomic mass is 10.0. The molecular formula is C16H21N5O3. The lowest BCUT2D eigenvalue weighted by Gasteiger charge is -2.31. The predicted molar refractivity (Wildman–Crippen MR) is 89.7 cm³/mol. The van der Waals surface area contributed by atoms with Gasteiger partial charge in [0.1, 0.15) is 0 Å². The summed E-state index contributed by atoms with van der Waals surface area (Å²) in [5.74, 6) is 0.0283. The number of carbonyl (C=O) groups excluding carboxylic acids is 1. The number of hydrogen-bond acceptors (Lipinski definition) is 5. The summed E-state index contributed by atoms with van der Waals surface area (Å²) >= 11 is 0. The maximum Gasteiger partial charge on any atom is 0.290 e. The summed E-state index contributed by atoms with van der Waals surface area (Å²) in [5.41, 5.74) is 7.85. The van der Waals surface area contributed by atoms with Gasteiger partial charge in [0.2, 0.25) is 0 Å². The summed E-state index contributed by atoms with van der Waals surface area (Å²) in [7, 11) is 0. The molecule has 8 nitrogen and oxygen atoms in total. The number of anilines is 1. The lowest BCUT2D eigenvalue weighted by Crippen LogP contribution is -2.41. The van der Waals surface area contributed by atoms with Crippen molar-refractivity contribution in [1.29, 1.82) is 0 Å². The number of aromatic amines is 1. The highest BCUT2D eigenvalue weighted by Crippen LogP contribution is 2.25. The number of nitrogen functional groups attached to an aromatic ring is 1. The minimum Gasteiger partial charge on any atom is -0.483 e. The van der Waals surface area contributed by atoms with Crippen LogP contribution in [0.4, 0.5) is 5.69 Å². The molecule has 0 radical (unpaired) electrons. The van der Waals surface area contributed by atoms with Crippen LogP contribution in [0.15, 0.2) is 18.2 Å². The Morgan fingerprint density at radius 2 is 2.00 bits per heavy atom. The minimum atomic E-state index is -0.250. The molecule has 1 aromatic heterocycles. The second-order valence-corrected chi connectivity index (χ2v) is 6.05. The first kappa shape index (κ1) is 16.3. The number of aromatic nitrogens is 2. The number of fused-ring (bicyclic) bond motifs is 5. The Kier molecular flexibility index (Phi) is 4.66. The van der Waals surface area contributed by atoms with Crippen LogP contribution < -0.4 is 5.73 Å². The summed E-state index contributed by atoms with van der Waals surface area (Å²) in [5, 5.41) is 14.9. The molecule has 4 N–H and O–H groups in total. The summed E-state index contributed by atoms with van der Waals surface area (Å²) in [6.07, 6.45) is 2.13. The number of piperidine rings is 1. The van der Waals surface area contributed by atoms with E-state index in [1.54, 1.807) is 0 Å². The third-order valence-electron chi connectivity index (χ3n) is 4.71. The van der Waals surface area contributed by atoms with Crippen molar-refractivity contribution < 1.29 is 14.7 Å². The number of nitrogens with zero attached hydrogens (tertiary/aromatic N) is 3. The Morgan fingerprint density at radius 3 is 2.71 bits per heavy atom. The predicted octanol–water partition coefficient (Wildman–Crippen LogP) is 0.766. The van der Waals surface area contributed by atoms with E-state index < -0.39 is 0 Å². The van der Waals surface area contributed by atoms with Crippen LogP contribution in [0, 0.1) is 0 Å². The zero-order chi connectivity index (χ0) is 17.1. The second-order valence-electron chi connectivity index (χ2n) is 6.05. The van der Waals surface area contributed by atoms with Crippen LogP contribution in [0.2, 0.25) is 0 Å². The number of nitrogens with one attached hydrogen (secondary N) is 1. The van der Waals surface area contributed by atoms with Gasteiger partial charge in [-0.15, -0.1) is 0 Å². The van der Waals surface area contributed by atoms with Crippen LogP contribution in [-0.2, 0) is 4.79 Å². The average Bonchev–Trinajstić information content (AvgIpc) is 2.76. The van der Waals surface area contributed by atoms with Gasteiger partial charge in [0, 0.05) is 43.3 Å². The molecule has 4 heterocycles. The van der Waals surface area contributed by atoms with E-state index >= 15 is 0 Å². The van der Waals surface area contributed by atoms with Gasteiger partial charge in [0.05, 0.1) is 5.52 Å². The Morgan fingerprint density at radius 1 is 1.29 bits per heavy atom. The number of hydrogen-bond donors (Lipinski definition) is 3. The van der Waals surface area contributed by atoms with Crippen molar-refractivity contribution in [3.8, 4) is 0 Å². The minimum absolute atomic E-state index is 0.0283. The quantitative estimate of drug-likeness (QED) is 0.525. The van der Waals surface area contributed by atoms with Crippen molar-refractivity contribution in [2.24, 2.45) is 0 Å². The lowest BCUT2D eigenvalue weighted by molar-refractivity contribution is -0.122. The fraction of sp³-hybridized carbons (Fsp3) is 0.438. The van der Waals surface area contributed by atoms with E-state index in [1.807, 2.05) is 23.1 Å². The highest BCUT2D eigenvalue weighted by atomic mass is 16.3. The van der Waals surface area contributed by atoms with Gasteiger partial charge in [-0.05, 0) is 31.0 Å². The number of H-pyrrole nitrogens is 1. The van der Waals surface area contributed by atoms with Gasteiger partial charge in [0.25, 0.3) is 12.4 Å². The molecular weight excluding hydrogens is 310 g/mol. The van der Waals surface area contributed by atoms with Crippen LogP contribution in [0.25, 0.3) is 10.9 Å². The smallest absolute Gasteiger partial charge is 0.290 e. The van der Waals surface area contributed by atoms with E-state index in [0.29, 0.717) is 17.4 Å². The summed E-state index contributed by atoms with van der Waals surface area (Å²) in [6, 6.07) is 5.86. The SMILES string of the molecule is Nc1ccc2[nH]nc(C(=O)N3CCN4CCC3CC4)c2c1.O=CO. The van der Waals surface area contributed by atoms with Gasteiger partial charge >= 0.3 is 0 Å². The van der Waals surface area contributed by atoms with Crippen LogP contribution in [0.3, 0.4) is 0 Å². The van der Waals surface area contributed by atoms with Gasteiger partial charge in [-0.2, -0.15) is 5.10 Å². The number of rotatable bonds is 1. The van der Waals surface area contributed by atoms with Crippen molar-refractivity contribution in [3.63, 3.8) is 0 Å². The standard InChI is InChI=1S/C15H19N5O.CH2O2/c16-10-1-2-13-12(9-10)14(18-17-13)15(21)20-8-7-19-5-3-11(20)4-6-19;2-1-3/h1-2,9,11H,3-8,16H2,(H,17,18);1H,(H,2,3). The molecule has 0 atom stereocenters. The maximum absolute atomic E-state index is 12.9. The molecule has 1 aromatic carbocycles. The second kappa shape index (κ2) is 6.88. The van der Waals surface area contributed by atoms with Crippen molar-refractivity contribution in [1.82, 2.24) is 20.0 Å². The topological polar surface area (TPSA) is 116 Å². The van der Waals surface area contributed by atoms with Crippen molar-refractivity contribution in [3.05, 3.63) is 23.9 Å². The van der Waals surface area contributed by atoms with Crippen molar-refractivity contribution in [2.75, 3.05) is 31.9 Å². The molecule has 24 heavy (non-hydrogen) atoms. The molecule has 2 bridgehead atoms. The zero-order valence-corrected chi connectivity index (χ0v) is 13.3. The molecule has 3 saturated heterocycles. The largest absolute Gasteiger partial charge is 0.483 e. The zero-order valence-electron chi connectivity index (χ0n) is 13.3. The third-order valence-corrected chi connectivity index (χ3v) is 4.71. The Bertz CT molecular complexity index is 736. The monoisotopic (exact) mass is 331 g/mol. The first-order chi connectivity index (χ1) is 11.6. The molecule has 5 rings (SSSR count). The highest BCUT2D eigenvalue weighted by molar-refractivity contribution is 6.05.